The molecule has 1 fully saturated rings. The minimum Gasteiger partial charge on any atom is -0.467 e. The van der Waals surface area contributed by atoms with Crippen LogP contribution in [0.15, 0.2) is 65.3 Å². The molecule has 39 heavy (non-hydrogen) atoms. The van der Waals surface area contributed by atoms with Crippen LogP contribution in [-0.2, 0) is 28.0 Å². The number of fused-ring (bicyclic) bond motifs is 1. The van der Waals surface area contributed by atoms with E-state index in [0.29, 0.717) is 42.5 Å². The van der Waals surface area contributed by atoms with E-state index < -0.39 is 0 Å². The van der Waals surface area contributed by atoms with Crippen molar-refractivity contribution in [3.63, 3.8) is 0 Å². The van der Waals surface area contributed by atoms with Crippen molar-refractivity contribution in [1.82, 2.24) is 9.80 Å². The van der Waals surface area contributed by atoms with Crippen LogP contribution in [0.1, 0.15) is 60.9 Å². The fourth-order valence-electron chi connectivity index (χ4n) is 4.89. The first kappa shape index (κ1) is 26.8. The smallest absolute Gasteiger partial charge is 0.254 e. The molecule has 1 aromatic heterocycles. The third kappa shape index (κ3) is 6.63. The zero-order valence-corrected chi connectivity index (χ0v) is 22.9. The average molecular weight is 533 g/mol. The van der Waals surface area contributed by atoms with Gasteiger partial charge in [0.2, 0.25) is 12.7 Å². The first-order valence-electron chi connectivity index (χ1n) is 13.5. The van der Waals surface area contributed by atoms with Gasteiger partial charge in [-0.05, 0) is 65.8 Å². The van der Waals surface area contributed by atoms with Crippen LogP contribution in [-0.4, -0.2) is 54.2 Å². The maximum Gasteiger partial charge on any atom is 0.254 e. The maximum atomic E-state index is 13.8. The summed E-state index contributed by atoms with van der Waals surface area (Å²) in [6.07, 6.45) is 3.33. The lowest BCUT2D eigenvalue weighted by Gasteiger charge is -2.29. The third-order valence-electron chi connectivity index (χ3n) is 7.15. The van der Waals surface area contributed by atoms with Gasteiger partial charge in [0.15, 0.2) is 11.5 Å². The second-order valence-electron chi connectivity index (χ2n) is 11.2. The van der Waals surface area contributed by atoms with E-state index in [0.717, 1.165) is 24.0 Å². The van der Waals surface area contributed by atoms with Gasteiger partial charge >= 0.3 is 0 Å². The summed E-state index contributed by atoms with van der Waals surface area (Å²) in [5.41, 5.74) is 2.58. The van der Waals surface area contributed by atoms with Crippen molar-refractivity contribution in [1.29, 1.82) is 0 Å². The lowest BCUT2D eigenvalue weighted by atomic mass is 9.86. The van der Waals surface area contributed by atoms with Crippen LogP contribution in [0, 0.1) is 0 Å². The fraction of sp³-hybridized carbons (Fsp3) is 0.419. The van der Waals surface area contributed by atoms with Gasteiger partial charge in [-0.1, -0.05) is 39.0 Å². The van der Waals surface area contributed by atoms with Crippen molar-refractivity contribution in [2.45, 2.75) is 58.2 Å². The molecule has 2 aliphatic heterocycles. The van der Waals surface area contributed by atoms with E-state index in [1.165, 1.54) is 0 Å². The normalized spacial score (nSPS) is 16.3. The number of carbonyl (C=O) groups is 2. The number of hydrogen-bond donors (Lipinski definition) is 0. The zero-order valence-electron chi connectivity index (χ0n) is 22.9. The molecule has 2 aliphatic rings. The number of rotatable bonds is 9. The van der Waals surface area contributed by atoms with Crippen LogP contribution in [0.3, 0.4) is 0 Å². The molecule has 2 aromatic carbocycles. The topological polar surface area (TPSA) is 81.5 Å². The zero-order chi connectivity index (χ0) is 27.4. The molecule has 0 saturated carbocycles. The molecular weight excluding hydrogens is 496 g/mol. The molecule has 0 bridgehead atoms. The summed E-state index contributed by atoms with van der Waals surface area (Å²) < 4.78 is 22.3. The predicted molar refractivity (Wildman–Crippen MR) is 146 cm³/mol. The van der Waals surface area contributed by atoms with E-state index >= 15 is 0 Å². The highest BCUT2D eigenvalue weighted by Crippen LogP contribution is 2.33. The van der Waals surface area contributed by atoms with Crippen LogP contribution < -0.4 is 9.47 Å². The molecule has 0 aliphatic carbocycles. The van der Waals surface area contributed by atoms with Crippen molar-refractivity contribution in [2.24, 2.45) is 0 Å². The van der Waals surface area contributed by atoms with Crippen molar-refractivity contribution in [3.8, 4) is 11.5 Å². The van der Waals surface area contributed by atoms with Gasteiger partial charge in [0.05, 0.1) is 18.9 Å². The second kappa shape index (κ2) is 11.5. The molecule has 5 rings (SSSR count). The summed E-state index contributed by atoms with van der Waals surface area (Å²) in [5, 5.41) is 0. The molecule has 3 heterocycles. The van der Waals surface area contributed by atoms with Crippen molar-refractivity contribution < 1.29 is 28.2 Å². The Bertz CT molecular complexity index is 1270. The molecule has 1 unspecified atom stereocenters. The highest BCUT2D eigenvalue weighted by Gasteiger charge is 2.28. The van der Waals surface area contributed by atoms with Gasteiger partial charge in [0.25, 0.3) is 5.91 Å². The number of carbonyl (C=O) groups excluding carboxylic acids is 2. The lowest BCUT2D eigenvalue weighted by molar-refractivity contribution is -0.133. The Morgan fingerprint density at radius 2 is 1.74 bits per heavy atom. The standard InChI is InChI=1S/C31H36N2O6/c1-31(2,3)24-11-9-23(10-12-24)30(35)33(19-26-7-5-15-37-26)20-29(34)32(18-25-6-4-14-36-25)17-22-8-13-27-28(16-22)39-21-38-27/h4,6,8-14,16,26H,5,7,15,17-21H2,1-3H3. The summed E-state index contributed by atoms with van der Waals surface area (Å²) in [4.78, 5) is 30.8. The lowest BCUT2D eigenvalue weighted by Crippen LogP contribution is -2.45. The Hall–Kier alpha value is -3.78. The van der Waals surface area contributed by atoms with E-state index in [1.807, 2.05) is 48.5 Å². The third-order valence-corrected chi connectivity index (χ3v) is 7.15. The molecule has 2 amide bonds. The van der Waals surface area contributed by atoms with Crippen LogP contribution in [0.25, 0.3) is 0 Å². The molecule has 3 aromatic rings. The predicted octanol–water partition coefficient (Wildman–Crippen LogP) is 5.16. The first-order chi connectivity index (χ1) is 18.8. The van der Waals surface area contributed by atoms with E-state index in [-0.39, 0.29) is 43.2 Å². The summed E-state index contributed by atoms with van der Waals surface area (Å²) >= 11 is 0. The van der Waals surface area contributed by atoms with E-state index in [4.69, 9.17) is 18.6 Å². The Labute approximate surface area is 229 Å². The monoisotopic (exact) mass is 532 g/mol. The van der Waals surface area contributed by atoms with Gasteiger partial charge in [0.1, 0.15) is 12.3 Å². The largest absolute Gasteiger partial charge is 0.467 e. The number of nitrogens with zero attached hydrogens (tertiary/aromatic N) is 2. The van der Waals surface area contributed by atoms with Crippen molar-refractivity contribution >= 4 is 11.8 Å². The first-order valence-corrected chi connectivity index (χ1v) is 13.5. The highest BCUT2D eigenvalue weighted by atomic mass is 16.7. The highest BCUT2D eigenvalue weighted by molar-refractivity contribution is 5.96. The Kier molecular flexibility index (Phi) is 7.93. The molecule has 206 valence electrons. The maximum absolute atomic E-state index is 13.8. The molecule has 1 saturated heterocycles. The van der Waals surface area contributed by atoms with Crippen LogP contribution in [0.5, 0.6) is 11.5 Å². The van der Waals surface area contributed by atoms with Crippen LogP contribution in [0.2, 0.25) is 0 Å². The SMILES string of the molecule is CC(C)(C)c1ccc(C(=O)N(CC(=O)N(Cc2ccc3c(c2)OCO3)Cc2ccco2)CC2CCCO2)cc1. The summed E-state index contributed by atoms with van der Waals surface area (Å²) in [6, 6.07) is 17.0. The van der Waals surface area contributed by atoms with Gasteiger partial charge in [-0.25, -0.2) is 0 Å². The molecule has 0 radical (unpaired) electrons. The van der Waals surface area contributed by atoms with Gasteiger partial charge in [-0.2, -0.15) is 0 Å². The molecule has 8 heteroatoms. The molecule has 0 N–H and O–H groups in total. The molecule has 8 nitrogen and oxygen atoms in total. The Morgan fingerprint density at radius 1 is 0.949 bits per heavy atom. The fourth-order valence-corrected chi connectivity index (χ4v) is 4.89. The molecule has 1 atom stereocenters. The number of ether oxygens (including phenoxy) is 3. The minimum absolute atomic E-state index is 0.0179. The number of hydrogen-bond acceptors (Lipinski definition) is 6. The minimum atomic E-state index is -0.180. The van der Waals surface area contributed by atoms with E-state index in [1.54, 1.807) is 22.1 Å². The quantitative estimate of drug-likeness (QED) is 0.379. The number of amides is 2. The second-order valence-corrected chi connectivity index (χ2v) is 11.2. The van der Waals surface area contributed by atoms with Gasteiger partial charge in [-0.15, -0.1) is 0 Å². The van der Waals surface area contributed by atoms with Gasteiger partial charge in [0, 0.05) is 25.3 Å². The summed E-state index contributed by atoms with van der Waals surface area (Å²) in [6.45, 7) is 8.19. The van der Waals surface area contributed by atoms with Gasteiger partial charge < -0.3 is 28.4 Å². The number of benzene rings is 2. The number of furan rings is 1. The van der Waals surface area contributed by atoms with Crippen molar-refractivity contribution in [2.75, 3.05) is 26.5 Å². The Balaban J connectivity index is 1.36. The average Bonchev–Trinajstić information content (AvgIpc) is 3.70. The van der Waals surface area contributed by atoms with E-state index in [9.17, 15) is 9.59 Å². The Morgan fingerprint density at radius 3 is 2.44 bits per heavy atom. The van der Waals surface area contributed by atoms with Crippen LogP contribution >= 0.6 is 0 Å². The summed E-state index contributed by atoms with van der Waals surface area (Å²) in [7, 11) is 0. The van der Waals surface area contributed by atoms with E-state index in [2.05, 4.69) is 20.8 Å². The van der Waals surface area contributed by atoms with Crippen LogP contribution in [0.4, 0.5) is 0 Å². The molecule has 0 spiro atoms. The summed E-state index contributed by atoms with van der Waals surface area (Å²) in [5.74, 6) is 1.65. The molecular formula is C31H36N2O6. The van der Waals surface area contributed by atoms with Crippen molar-refractivity contribution in [3.05, 3.63) is 83.3 Å². The van der Waals surface area contributed by atoms with Gasteiger partial charge in [-0.3, -0.25) is 9.59 Å².